The van der Waals surface area contributed by atoms with Crippen LogP contribution in [0.3, 0.4) is 0 Å². The highest BCUT2D eigenvalue weighted by Gasteiger charge is 2.14. The quantitative estimate of drug-likeness (QED) is 0.902. The Morgan fingerprint density at radius 1 is 1.05 bits per heavy atom. The number of hydrogen-bond donors (Lipinski definition) is 2. The Labute approximate surface area is 114 Å². The molecule has 3 N–H and O–H groups in total. The topological polar surface area (TPSA) is 81.4 Å². The number of ether oxygens (including phenoxy) is 1. The van der Waals surface area contributed by atoms with E-state index >= 15 is 0 Å². The summed E-state index contributed by atoms with van der Waals surface area (Å²) in [4.78, 5) is 22.5. The fourth-order valence-corrected chi connectivity index (χ4v) is 1.58. The van der Waals surface area contributed by atoms with Crippen LogP contribution in [0.5, 0.6) is 5.75 Å². The van der Waals surface area contributed by atoms with Crippen LogP contribution in [0, 0.1) is 5.82 Å². The molecule has 0 spiro atoms. The molecule has 2 aromatic rings. The third-order valence-electron chi connectivity index (χ3n) is 2.46. The number of nitrogens with two attached hydrogens (primary N) is 1. The van der Waals surface area contributed by atoms with Crippen molar-refractivity contribution in [2.75, 3.05) is 5.32 Å². The minimum Gasteiger partial charge on any atom is -0.407 e. The van der Waals surface area contributed by atoms with E-state index in [2.05, 4.69) is 10.1 Å². The van der Waals surface area contributed by atoms with E-state index < -0.39 is 17.8 Å². The number of carbonyl (C=O) groups is 2. The monoisotopic (exact) mass is 274 g/mol. The van der Waals surface area contributed by atoms with Crippen LogP contribution in [-0.4, -0.2) is 12.0 Å². The zero-order valence-corrected chi connectivity index (χ0v) is 10.3. The molecule has 0 saturated heterocycles. The number of halogens is 1. The van der Waals surface area contributed by atoms with Gasteiger partial charge in [-0.15, -0.1) is 0 Å². The van der Waals surface area contributed by atoms with Gasteiger partial charge in [0.15, 0.2) is 11.6 Å². The molecule has 20 heavy (non-hydrogen) atoms. The molecule has 0 radical (unpaired) electrons. The van der Waals surface area contributed by atoms with Gasteiger partial charge in [0.05, 0.1) is 5.69 Å². The van der Waals surface area contributed by atoms with Crippen molar-refractivity contribution in [1.29, 1.82) is 0 Å². The van der Waals surface area contributed by atoms with E-state index in [0.717, 1.165) is 0 Å². The van der Waals surface area contributed by atoms with Gasteiger partial charge in [0.25, 0.3) is 5.91 Å². The van der Waals surface area contributed by atoms with E-state index in [1.165, 1.54) is 18.2 Å². The molecule has 102 valence electrons. The Kier molecular flexibility index (Phi) is 3.95. The van der Waals surface area contributed by atoms with Crippen LogP contribution in [-0.2, 0) is 0 Å². The Morgan fingerprint density at radius 3 is 2.40 bits per heavy atom. The molecule has 0 fully saturated rings. The summed E-state index contributed by atoms with van der Waals surface area (Å²) in [5.74, 6) is -1.68. The summed E-state index contributed by atoms with van der Waals surface area (Å²) >= 11 is 0. The lowest BCUT2D eigenvalue weighted by molar-refractivity contribution is 0.102. The van der Waals surface area contributed by atoms with Crippen LogP contribution in [0.25, 0.3) is 0 Å². The second kappa shape index (κ2) is 5.83. The van der Waals surface area contributed by atoms with Gasteiger partial charge in [-0.3, -0.25) is 4.79 Å². The van der Waals surface area contributed by atoms with Crippen molar-refractivity contribution >= 4 is 17.7 Å². The Hall–Kier alpha value is -2.89. The van der Waals surface area contributed by atoms with Crippen molar-refractivity contribution < 1.29 is 18.7 Å². The van der Waals surface area contributed by atoms with Crippen molar-refractivity contribution in [1.82, 2.24) is 0 Å². The highest BCUT2D eigenvalue weighted by atomic mass is 19.1. The molecular formula is C14H11FN2O3. The molecule has 6 heteroatoms. The number of hydrogen-bond acceptors (Lipinski definition) is 3. The largest absolute Gasteiger partial charge is 0.410 e. The fraction of sp³-hybridized carbons (Fsp3) is 0. The summed E-state index contributed by atoms with van der Waals surface area (Å²) in [5.41, 5.74) is 5.10. The van der Waals surface area contributed by atoms with Crippen molar-refractivity contribution in [3.05, 3.63) is 59.9 Å². The van der Waals surface area contributed by atoms with Gasteiger partial charge in [-0.05, 0) is 24.3 Å². The van der Waals surface area contributed by atoms with E-state index in [9.17, 15) is 14.0 Å². The molecule has 0 aliphatic rings. The van der Waals surface area contributed by atoms with Gasteiger partial charge in [-0.1, -0.05) is 24.3 Å². The smallest absolute Gasteiger partial charge is 0.407 e. The van der Waals surface area contributed by atoms with E-state index in [4.69, 9.17) is 5.73 Å². The molecule has 0 aliphatic heterocycles. The van der Waals surface area contributed by atoms with Gasteiger partial charge in [0.1, 0.15) is 0 Å². The molecule has 2 rings (SSSR count). The zero-order chi connectivity index (χ0) is 14.5. The van der Waals surface area contributed by atoms with Crippen molar-refractivity contribution in [3.8, 4) is 5.75 Å². The summed E-state index contributed by atoms with van der Waals surface area (Å²) in [5, 5.41) is 2.39. The molecular weight excluding hydrogens is 263 g/mol. The number of benzene rings is 2. The number of primary amides is 1. The second-order valence-electron chi connectivity index (χ2n) is 3.86. The average molecular weight is 274 g/mol. The predicted octanol–water partition coefficient (Wildman–Crippen LogP) is 2.54. The molecule has 0 unspecified atom stereocenters. The molecule has 0 heterocycles. The van der Waals surface area contributed by atoms with Gasteiger partial charge in [-0.25, -0.2) is 9.18 Å². The summed E-state index contributed by atoms with van der Waals surface area (Å²) in [6.45, 7) is 0. The van der Waals surface area contributed by atoms with E-state index in [0.29, 0.717) is 5.56 Å². The highest BCUT2D eigenvalue weighted by Crippen LogP contribution is 2.24. The van der Waals surface area contributed by atoms with Crippen molar-refractivity contribution in [2.45, 2.75) is 0 Å². The third kappa shape index (κ3) is 3.11. The maximum Gasteiger partial charge on any atom is 0.410 e. The molecule has 5 nitrogen and oxygen atoms in total. The van der Waals surface area contributed by atoms with Crippen LogP contribution >= 0.6 is 0 Å². The minimum absolute atomic E-state index is 0.0994. The standard InChI is InChI=1S/C14H11FN2O3/c15-12-10(7-4-8-11(12)20-14(16)19)17-13(18)9-5-2-1-3-6-9/h1-8H,(H2,16,19)(H,17,18). The number of amides is 2. The van der Waals surface area contributed by atoms with Crippen LogP contribution in [0.4, 0.5) is 14.9 Å². The number of nitrogens with one attached hydrogen (secondary N) is 1. The van der Waals surface area contributed by atoms with E-state index in [1.807, 2.05) is 0 Å². The first-order chi connectivity index (χ1) is 9.58. The summed E-state index contributed by atoms with van der Waals surface area (Å²) in [7, 11) is 0. The minimum atomic E-state index is -1.13. The highest BCUT2D eigenvalue weighted by molar-refractivity contribution is 6.04. The predicted molar refractivity (Wildman–Crippen MR) is 71.0 cm³/mol. The number of rotatable bonds is 3. The third-order valence-corrected chi connectivity index (χ3v) is 2.46. The first-order valence-electron chi connectivity index (χ1n) is 5.70. The van der Waals surface area contributed by atoms with E-state index in [1.54, 1.807) is 30.3 Å². The normalized spacial score (nSPS) is 9.85. The Balaban J connectivity index is 2.22. The van der Waals surface area contributed by atoms with Gasteiger partial charge >= 0.3 is 6.09 Å². The van der Waals surface area contributed by atoms with Crippen LogP contribution < -0.4 is 15.8 Å². The summed E-state index contributed by atoms with van der Waals surface area (Å²) < 4.78 is 18.4. The van der Waals surface area contributed by atoms with Crippen molar-refractivity contribution in [2.24, 2.45) is 5.73 Å². The molecule has 0 aliphatic carbocycles. The second-order valence-corrected chi connectivity index (χ2v) is 3.86. The van der Waals surface area contributed by atoms with Crippen LogP contribution in [0.2, 0.25) is 0 Å². The summed E-state index contributed by atoms with van der Waals surface area (Å²) in [6.07, 6.45) is -1.13. The first kappa shape index (κ1) is 13.5. The SMILES string of the molecule is NC(=O)Oc1cccc(NC(=O)c2ccccc2)c1F. The molecule has 2 amide bonds. The van der Waals surface area contributed by atoms with Gasteiger partial charge < -0.3 is 15.8 Å². The van der Waals surface area contributed by atoms with Crippen LogP contribution in [0.1, 0.15) is 10.4 Å². The molecule has 0 atom stereocenters. The van der Waals surface area contributed by atoms with Gasteiger partial charge in [-0.2, -0.15) is 0 Å². The maximum atomic E-state index is 14.0. The Morgan fingerprint density at radius 2 is 1.75 bits per heavy atom. The van der Waals surface area contributed by atoms with Crippen LogP contribution in [0.15, 0.2) is 48.5 Å². The maximum absolute atomic E-state index is 14.0. The number of carbonyl (C=O) groups excluding carboxylic acids is 2. The Bertz CT molecular complexity index is 644. The van der Waals surface area contributed by atoms with Gasteiger partial charge in [0.2, 0.25) is 0 Å². The molecule has 2 aromatic carbocycles. The molecule has 0 bridgehead atoms. The first-order valence-corrected chi connectivity index (χ1v) is 5.70. The molecule has 0 saturated carbocycles. The lowest BCUT2D eigenvalue weighted by atomic mass is 10.2. The number of anilines is 1. The van der Waals surface area contributed by atoms with Gasteiger partial charge in [0, 0.05) is 5.56 Å². The fourth-order valence-electron chi connectivity index (χ4n) is 1.58. The zero-order valence-electron chi connectivity index (χ0n) is 10.3. The van der Waals surface area contributed by atoms with Crippen molar-refractivity contribution in [3.63, 3.8) is 0 Å². The van der Waals surface area contributed by atoms with E-state index in [-0.39, 0.29) is 11.4 Å². The molecule has 0 aromatic heterocycles. The summed E-state index contributed by atoms with van der Waals surface area (Å²) in [6, 6.07) is 12.4. The average Bonchev–Trinajstić information content (AvgIpc) is 2.43. The lowest BCUT2D eigenvalue weighted by Crippen LogP contribution is -2.18. The lowest BCUT2D eigenvalue weighted by Gasteiger charge is -2.09.